The van der Waals surface area contributed by atoms with Crippen LogP contribution in [0.5, 0.6) is 0 Å². The van der Waals surface area contributed by atoms with E-state index in [1.54, 1.807) is 30.3 Å². The predicted octanol–water partition coefficient (Wildman–Crippen LogP) is 1.47. The van der Waals surface area contributed by atoms with Crippen molar-refractivity contribution < 1.29 is 25.3 Å². The van der Waals surface area contributed by atoms with Gasteiger partial charge in [-0.15, -0.1) is 0 Å². The molecule has 7 nitrogen and oxygen atoms in total. The molecule has 0 saturated carbocycles. The van der Waals surface area contributed by atoms with Gasteiger partial charge in [0.25, 0.3) is 10.0 Å². The maximum Gasteiger partial charge on any atom is 0.264 e. The van der Waals surface area contributed by atoms with Gasteiger partial charge in [-0.3, -0.25) is 4.31 Å². The Hall–Kier alpha value is -1.91. The average molecular weight is 430 g/mol. The van der Waals surface area contributed by atoms with E-state index in [2.05, 4.69) is 0 Å². The molecule has 0 aliphatic carbocycles. The van der Waals surface area contributed by atoms with Crippen molar-refractivity contribution in [1.82, 2.24) is 0 Å². The van der Waals surface area contributed by atoms with Gasteiger partial charge in [-0.1, -0.05) is 24.3 Å². The third-order valence-electron chi connectivity index (χ3n) is 4.54. The van der Waals surface area contributed by atoms with Crippen molar-refractivity contribution in [3.05, 3.63) is 54.6 Å². The fourth-order valence-corrected chi connectivity index (χ4v) is 8.66. The SMILES string of the molecule is CN(c1ccccc1)S(=O)(=O)c1cccc(S(=O)(=O)[C@H]2CCS(=O)(=O)C2)c1. The highest BCUT2D eigenvalue weighted by Crippen LogP contribution is 2.28. The zero-order chi connectivity index (χ0) is 19.9. The Morgan fingerprint density at radius 3 is 2.15 bits per heavy atom. The van der Waals surface area contributed by atoms with Crippen LogP contribution in [-0.4, -0.2) is 49.1 Å². The number of nitrogens with zero attached hydrogens (tertiary/aromatic N) is 1. The van der Waals surface area contributed by atoms with E-state index < -0.39 is 40.7 Å². The van der Waals surface area contributed by atoms with Crippen molar-refractivity contribution in [2.75, 3.05) is 22.9 Å². The van der Waals surface area contributed by atoms with Crippen LogP contribution in [0.3, 0.4) is 0 Å². The maximum atomic E-state index is 12.9. The second-order valence-corrected chi connectivity index (χ2v) is 12.8. The second-order valence-electron chi connectivity index (χ2n) is 6.35. The van der Waals surface area contributed by atoms with Crippen LogP contribution in [0.15, 0.2) is 64.4 Å². The zero-order valence-corrected chi connectivity index (χ0v) is 17.0. The average Bonchev–Trinajstić information content (AvgIpc) is 3.02. The van der Waals surface area contributed by atoms with Gasteiger partial charge in [0.1, 0.15) is 0 Å². The summed E-state index contributed by atoms with van der Waals surface area (Å²) in [7, 11) is -9.91. The fraction of sp³-hybridized carbons (Fsp3) is 0.294. The molecule has 3 rings (SSSR count). The second kappa shape index (κ2) is 6.92. The lowest BCUT2D eigenvalue weighted by Crippen LogP contribution is -2.27. The third kappa shape index (κ3) is 3.87. The lowest BCUT2D eigenvalue weighted by atomic mass is 10.3. The van der Waals surface area contributed by atoms with Crippen LogP contribution >= 0.6 is 0 Å². The van der Waals surface area contributed by atoms with E-state index in [1.165, 1.54) is 25.2 Å². The Labute approximate surface area is 159 Å². The molecule has 1 aliphatic heterocycles. The zero-order valence-electron chi connectivity index (χ0n) is 14.5. The smallest absolute Gasteiger partial charge is 0.264 e. The summed E-state index contributed by atoms with van der Waals surface area (Å²) in [5, 5.41) is -1.05. The molecule has 0 bridgehead atoms. The Bertz CT molecular complexity index is 1160. The van der Waals surface area contributed by atoms with Gasteiger partial charge in [0.05, 0.1) is 32.2 Å². The quantitative estimate of drug-likeness (QED) is 0.713. The van der Waals surface area contributed by atoms with Crippen LogP contribution in [0.4, 0.5) is 5.69 Å². The largest absolute Gasteiger partial charge is 0.269 e. The topological polar surface area (TPSA) is 106 Å². The number of para-hydroxylation sites is 1. The molecule has 0 radical (unpaired) electrons. The minimum atomic E-state index is -3.97. The van der Waals surface area contributed by atoms with Crippen molar-refractivity contribution >= 4 is 35.4 Å². The van der Waals surface area contributed by atoms with E-state index in [0.29, 0.717) is 5.69 Å². The Kier molecular flexibility index (Phi) is 5.08. The molecule has 0 unspecified atom stereocenters. The fourth-order valence-electron chi connectivity index (χ4n) is 2.94. The number of anilines is 1. The Morgan fingerprint density at radius 2 is 1.56 bits per heavy atom. The Morgan fingerprint density at radius 1 is 0.926 bits per heavy atom. The number of sulfonamides is 1. The van der Waals surface area contributed by atoms with Crippen LogP contribution in [0.2, 0.25) is 0 Å². The summed E-state index contributed by atoms with van der Waals surface area (Å²) >= 11 is 0. The molecule has 0 N–H and O–H groups in total. The molecule has 1 saturated heterocycles. The molecular formula is C17H19NO6S3. The number of rotatable bonds is 5. The normalized spacial score (nSPS) is 19.7. The molecule has 10 heteroatoms. The number of sulfone groups is 2. The first kappa shape index (κ1) is 19.8. The van der Waals surface area contributed by atoms with Crippen LogP contribution in [-0.2, 0) is 29.7 Å². The molecule has 27 heavy (non-hydrogen) atoms. The molecule has 0 amide bonds. The lowest BCUT2D eigenvalue weighted by molar-refractivity contribution is 0.581. The highest BCUT2D eigenvalue weighted by Gasteiger charge is 2.38. The third-order valence-corrected chi connectivity index (χ3v) is 10.5. The predicted molar refractivity (Wildman–Crippen MR) is 103 cm³/mol. The monoisotopic (exact) mass is 429 g/mol. The van der Waals surface area contributed by atoms with Crippen molar-refractivity contribution in [3.63, 3.8) is 0 Å². The van der Waals surface area contributed by atoms with Gasteiger partial charge >= 0.3 is 0 Å². The van der Waals surface area contributed by atoms with Crippen molar-refractivity contribution in [2.24, 2.45) is 0 Å². The highest BCUT2D eigenvalue weighted by molar-refractivity contribution is 7.96. The van der Waals surface area contributed by atoms with Gasteiger partial charge in [-0.2, -0.15) is 0 Å². The first-order valence-electron chi connectivity index (χ1n) is 8.12. The summed E-state index contributed by atoms with van der Waals surface area (Å²) in [6.45, 7) is 0. The molecule has 1 fully saturated rings. The highest BCUT2D eigenvalue weighted by atomic mass is 32.2. The maximum absolute atomic E-state index is 12.9. The van der Waals surface area contributed by atoms with Crippen LogP contribution in [0, 0.1) is 0 Å². The molecule has 2 aromatic rings. The number of benzene rings is 2. The van der Waals surface area contributed by atoms with Gasteiger partial charge in [0, 0.05) is 7.05 Å². The lowest BCUT2D eigenvalue weighted by Gasteiger charge is -2.20. The van der Waals surface area contributed by atoms with E-state index in [4.69, 9.17) is 0 Å². The number of hydrogen-bond donors (Lipinski definition) is 0. The molecule has 1 atom stereocenters. The molecule has 0 aromatic heterocycles. The minimum absolute atomic E-state index is 0.0194. The first-order chi connectivity index (χ1) is 12.5. The van der Waals surface area contributed by atoms with E-state index in [-0.39, 0.29) is 22.0 Å². The van der Waals surface area contributed by atoms with Gasteiger partial charge in [-0.05, 0) is 36.8 Å². The summed E-state index contributed by atoms with van der Waals surface area (Å²) in [5.41, 5.74) is 0.438. The van der Waals surface area contributed by atoms with Crippen LogP contribution in [0.25, 0.3) is 0 Å². The van der Waals surface area contributed by atoms with Crippen LogP contribution < -0.4 is 4.31 Å². The molecule has 1 heterocycles. The summed E-state index contributed by atoms with van der Waals surface area (Å²) in [6, 6.07) is 13.5. The minimum Gasteiger partial charge on any atom is -0.269 e. The van der Waals surface area contributed by atoms with Crippen molar-refractivity contribution in [1.29, 1.82) is 0 Å². The first-order valence-corrected chi connectivity index (χ1v) is 12.9. The standard InChI is InChI=1S/C17H19NO6S3/c1-18(14-6-3-2-4-7-14)27(23,24)16-9-5-8-15(12-16)26(21,22)17-10-11-25(19,20)13-17/h2-9,12,17H,10-11,13H2,1H3/t17-/m0/s1. The number of hydrogen-bond acceptors (Lipinski definition) is 6. The summed E-state index contributed by atoms with van der Waals surface area (Å²) in [6.07, 6.45) is 0.0194. The molecule has 146 valence electrons. The summed E-state index contributed by atoms with van der Waals surface area (Å²) < 4.78 is 75.6. The van der Waals surface area contributed by atoms with Crippen LogP contribution in [0.1, 0.15) is 6.42 Å². The molecule has 1 aliphatic rings. The van der Waals surface area contributed by atoms with E-state index >= 15 is 0 Å². The molecule has 2 aromatic carbocycles. The van der Waals surface area contributed by atoms with Gasteiger partial charge in [-0.25, -0.2) is 25.3 Å². The van der Waals surface area contributed by atoms with Gasteiger partial charge < -0.3 is 0 Å². The van der Waals surface area contributed by atoms with Crippen molar-refractivity contribution in [3.8, 4) is 0 Å². The van der Waals surface area contributed by atoms with Gasteiger partial charge in [0.15, 0.2) is 19.7 Å². The van der Waals surface area contributed by atoms with E-state index in [1.807, 2.05) is 0 Å². The van der Waals surface area contributed by atoms with Gasteiger partial charge in [0.2, 0.25) is 0 Å². The van der Waals surface area contributed by atoms with Crippen molar-refractivity contribution in [2.45, 2.75) is 21.5 Å². The Balaban J connectivity index is 1.98. The molecular weight excluding hydrogens is 410 g/mol. The summed E-state index contributed by atoms with van der Waals surface area (Å²) in [5.74, 6) is -0.609. The summed E-state index contributed by atoms with van der Waals surface area (Å²) in [4.78, 5) is -0.358. The van der Waals surface area contributed by atoms with E-state index in [9.17, 15) is 25.3 Å². The van der Waals surface area contributed by atoms with E-state index in [0.717, 1.165) is 10.4 Å². The molecule has 0 spiro atoms.